The molecular weight excluding hydrogens is 342 g/mol. The zero-order valence-electron chi connectivity index (χ0n) is 13.8. The fourth-order valence-electron chi connectivity index (χ4n) is 2.59. The molecule has 5 heteroatoms. The average molecular weight is 357 g/mol. The average Bonchev–Trinajstić information content (AvgIpc) is 3.20. The Bertz CT molecular complexity index is 1030. The molecule has 0 aliphatic rings. The van der Waals surface area contributed by atoms with Crippen LogP contribution in [0.2, 0.25) is 0 Å². The van der Waals surface area contributed by atoms with E-state index in [1.165, 1.54) is 11.3 Å². The third-order valence-corrected chi connectivity index (χ3v) is 4.89. The molecule has 4 aromatic rings. The molecule has 1 amide bonds. The number of nitrogens with zero attached hydrogens (tertiary/aromatic N) is 2. The Labute approximate surface area is 155 Å². The van der Waals surface area contributed by atoms with E-state index in [4.69, 9.17) is 0 Å². The van der Waals surface area contributed by atoms with Gasteiger partial charge in [-0.15, -0.1) is 10.2 Å². The van der Waals surface area contributed by atoms with Crippen LogP contribution in [0.25, 0.3) is 21.1 Å². The van der Waals surface area contributed by atoms with Crippen LogP contribution in [0.15, 0.2) is 84.9 Å². The Morgan fingerprint density at radius 1 is 0.731 bits per heavy atom. The molecule has 0 aliphatic heterocycles. The van der Waals surface area contributed by atoms with Gasteiger partial charge in [0, 0.05) is 16.7 Å². The highest BCUT2D eigenvalue weighted by atomic mass is 32.1. The molecule has 4 rings (SSSR count). The van der Waals surface area contributed by atoms with Crippen LogP contribution in [0.5, 0.6) is 0 Å². The van der Waals surface area contributed by atoms with Gasteiger partial charge in [0.15, 0.2) is 0 Å². The second-order valence-electron chi connectivity index (χ2n) is 5.64. The number of nitrogens with one attached hydrogen (secondary N) is 1. The molecule has 1 aromatic heterocycles. The van der Waals surface area contributed by atoms with Crippen molar-refractivity contribution < 1.29 is 4.79 Å². The summed E-state index contributed by atoms with van der Waals surface area (Å²) >= 11 is 1.50. The van der Waals surface area contributed by atoms with Crippen molar-refractivity contribution in [2.45, 2.75) is 0 Å². The van der Waals surface area contributed by atoms with Gasteiger partial charge in [0.25, 0.3) is 5.91 Å². The van der Waals surface area contributed by atoms with E-state index in [0.29, 0.717) is 5.56 Å². The molecule has 26 heavy (non-hydrogen) atoms. The number of rotatable bonds is 4. The first-order valence-electron chi connectivity index (χ1n) is 8.16. The van der Waals surface area contributed by atoms with E-state index in [0.717, 1.165) is 26.8 Å². The van der Waals surface area contributed by atoms with Crippen molar-refractivity contribution in [2.75, 3.05) is 5.32 Å². The number of hydrogen-bond acceptors (Lipinski definition) is 4. The number of para-hydroxylation sites is 1. The van der Waals surface area contributed by atoms with Crippen LogP contribution in [0.3, 0.4) is 0 Å². The van der Waals surface area contributed by atoms with Crippen LogP contribution in [0.1, 0.15) is 10.4 Å². The van der Waals surface area contributed by atoms with Gasteiger partial charge in [0.1, 0.15) is 10.0 Å². The molecular formula is C21H15N3OS. The molecule has 0 spiro atoms. The Morgan fingerprint density at radius 2 is 1.35 bits per heavy atom. The van der Waals surface area contributed by atoms with Crippen LogP contribution < -0.4 is 5.32 Å². The van der Waals surface area contributed by atoms with Crippen LogP contribution in [0.4, 0.5) is 5.69 Å². The van der Waals surface area contributed by atoms with Crippen molar-refractivity contribution in [1.29, 1.82) is 0 Å². The Balaban J connectivity index is 1.64. The summed E-state index contributed by atoms with van der Waals surface area (Å²) in [5, 5.41) is 13.2. The highest BCUT2D eigenvalue weighted by Crippen LogP contribution is 2.34. The first-order chi connectivity index (χ1) is 12.8. The zero-order chi connectivity index (χ0) is 17.8. The number of hydrogen-bond donors (Lipinski definition) is 1. The summed E-state index contributed by atoms with van der Waals surface area (Å²) in [6.07, 6.45) is 0. The molecule has 1 heterocycles. The second kappa shape index (κ2) is 7.29. The second-order valence-corrected chi connectivity index (χ2v) is 6.62. The molecule has 0 saturated carbocycles. The van der Waals surface area contributed by atoms with Gasteiger partial charge in [-0.1, -0.05) is 72.0 Å². The molecule has 0 unspecified atom stereocenters. The third-order valence-electron chi connectivity index (χ3n) is 3.89. The fraction of sp³-hybridized carbons (Fsp3) is 0. The fourth-order valence-corrected chi connectivity index (χ4v) is 3.48. The molecule has 3 aromatic carbocycles. The molecule has 0 aliphatic carbocycles. The predicted octanol–water partition coefficient (Wildman–Crippen LogP) is 5.12. The highest BCUT2D eigenvalue weighted by Gasteiger charge is 2.14. The van der Waals surface area contributed by atoms with E-state index in [2.05, 4.69) is 15.5 Å². The van der Waals surface area contributed by atoms with E-state index < -0.39 is 0 Å². The van der Waals surface area contributed by atoms with Crippen molar-refractivity contribution in [3.05, 3.63) is 90.5 Å². The van der Waals surface area contributed by atoms with E-state index in [1.54, 1.807) is 12.1 Å². The van der Waals surface area contributed by atoms with Gasteiger partial charge in [0.2, 0.25) is 0 Å². The lowest BCUT2D eigenvalue weighted by atomic mass is 10.1. The maximum Gasteiger partial charge on any atom is 0.255 e. The van der Waals surface area contributed by atoms with Crippen molar-refractivity contribution >= 4 is 22.9 Å². The monoisotopic (exact) mass is 357 g/mol. The number of amides is 1. The van der Waals surface area contributed by atoms with Crippen molar-refractivity contribution in [3.63, 3.8) is 0 Å². The van der Waals surface area contributed by atoms with Gasteiger partial charge in [-0.3, -0.25) is 4.79 Å². The van der Waals surface area contributed by atoms with Gasteiger partial charge < -0.3 is 5.32 Å². The van der Waals surface area contributed by atoms with Crippen molar-refractivity contribution in [3.8, 4) is 21.1 Å². The first kappa shape index (κ1) is 16.2. The zero-order valence-corrected chi connectivity index (χ0v) is 14.6. The van der Waals surface area contributed by atoms with E-state index in [9.17, 15) is 4.79 Å². The van der Waals surface area contributed by atoms with E-state index >= 15 is 0 Å². The summed E-state index contributed by atoms with van der Waals surface area (Å²) in [6.45, 7) is 0. The van der Waals surface area contributed by atoms with Crippen LogP contribution in [-0.2, 0) is 0 Å². The molecule has 126 valence electrons. The standard InChI is InChI=1S/C21H15N3OS/c25-19(15-9-3-1-4-10-15)22-18-14-8-7-13-17(18)21-24-23-20(26-21)16-11-5-2-6-12-16/h1-14H,(H,22,25). The number of benzene rings is 3. The van der Waals surface area contributed by atoms with Crippen molar-refractivity contribution in [1.82, 2.24) is 10.2 Å². The maximum atomic E-state index is 12.5. The molecule has 0 radical (unpaired) electrons. The number of carbonyl (C=O) groups is 1. The summed E-state index contributed by atoms with van der Waals surface area (Å²) in [5.74, 6) is -0.147. The van der Waals surface area contributed by atoms with Gasteiger partial charge in [-0.2, -0.15) is 0 Å². The van der Waals surface area contributed by atoms with Crippen LogP contribution in [0, 0.1) is 0 Å². The van der Waals surface area contributed by atoms with Gasteiger partial charge in [-0.25, -0.2) is 0 Å². The lowest BCUT2D eigenvalue weighted by molar-refractivity contribution is 0.102. The van der Waals surface area contributed by atoms with Gasteiger partial charge >= 0.3 is 0 Å². The normalized spacial score (nSPS) is 10.5. The quantitative estimate of drug-likeness (QED) is 0.551. The van der Waals surface area contributed by atoms with Crippen molar-refractivity contribution in [2.24, 2.45) is 0 Å². The summed E-state index contributed by atoms with van der Waals surface area (Å²) in [6, 6.07) is 26.7. The molecule has 0 atom stereocenters. The first-order valence-corrected chi connectivity index (χ1v) is 8.97. The molecule has 0 bridgehead atoms. The van der Waals surface area contributed by atoms with E-state index in [1.807, 2.05) is 72.8 Å². The molecule has 4 nitrogen and oxygen atoms in total. The minimum Gasteiger partial charge on any atom is -0.321 e. The summed E-state index contributed by atoms with van der Waals surface area (Å²) < 4.78 is 0. The molecule has 1 N–H and O–H groups in total. The van der Waals surface area contributed by atoms with Crippen LogP contribution in [-0.4, -0.2) is 16.1 Å². The molecule has 0 fully saturated rings. The minimum atomic E-state index is -0.147. The number of aromatic nitrogens is 2. The number of carbonyl (C=O) groups excluding carboxylic acids is 1. The summed E-state index contributed by atoms with van der Waals surface area (Å²) in [4.78, 5) is 12.5. The predicted molar refractivity (Wildman–Crippen MR) is 105 cm³/mol. The lowest BCUT2D eigenvalue weighted by Crippen LogP contribution is -2.12. The van der Waals surface area contributed by atoms with E-state index in [-0.39, 0.29) is 5.91 Å². The summed E-state index contributed by atoms with van der Waals surface area (Å²) in [7, 11) is 0. The van der Waals surface area contributed by atoms with Gasteiger partial charge in [-0.05, 0) is 24.3 Å². The van der Waals surface area contributed by atoms with Gasteiger partial charge in [0.05, 0.1) is 5.69 Å². The Hall–Kier alpha value is -3.31. The topological polar surface area (TPSA) is 54.9 Å². The largest absolute Gasteiger partial charge is 0.321 e. The highest BCUT2D eigenvalue weighted by molar-refractivity contribution is 7.18. The Kier molecular flexibility index (Phi) is 4.53. The lowest BCUT2D eigenvalue weighted by Gasteiger charge is -2.09. The van der Waals surface area contributed by atoms with Crippen LogP contribution >= 0.6 is 11.3 Å². The molecule has 0 saturated heterocycles. The Morgan fingerprint density at radius 3 is 2.12 bits per heavy atom. The number of anilines is 1. The summed E-state index contributed by atoms with van der Waals surface area (Å²) in [5.41, 5.74) is 3.22. The third kappa shape index (κ3) is 3.38. The smallest absolute Gasteiger partial charge is 0.255 e. The minimum absolute atomic E-state index is 0.147. The SMILES string of the molecule is O=C(Nc1ccccc1-c1nnc(-c2ccccc2)s1)c1ccccc1. The maximum absolute atomic E-state index is 12.5.